The molecule has 1 aliphatic rings. The number of guanidine groups is 1. The zero-order valence-electron chi connectivity index (χ0n) is 9.75. The molecular formula is C10H14N4O4. The SMILES string of the molecule is Cc1cccc2c1OCC2[NH+]=C(N)N.O=[N+]([O-])[O-]. The Hall–Kier alpha value is -2.51. The van der Waals surface area contributed by atoms with Crippen molar-refractivity contribution < 1.29 is 14.8 Å². The molecular weight excluding hydrogens is 240 g/mol. The Kier molecular flexibility index (Phi) is 4.30. The molecule has 8 nitrogen and oxygen atoms in total. The van der Waals surface area contributed by atoms with E-state index in [0.717, 1.165) is 16.9 Å². The van der Waals surface area contributed by atoms with E-state index in [9.17, 15) is 0 Å². The van der Waals surface area contributed by atoms with E-state index in [2.05, 4.69) is 4.99 Å². The van der Waals surface area contributed by atoms with Gasteiger partial charge in [-0.15, -0.1) is 0 Å². The van der Waals surface area contributed by atoms with Crippen LogP contribution < -0.4 is 21.2 Å². The Morgan fingerprint density at radius 1 is 1.50 bits per heavy atom. The molecule has 0 saturated carbocycles. The summed E-state index contributed by atoms with van der Waals surface area (Å²) in [6.07, 6.45) is 0. The van der Waals surface area contributed by atoms with Crippen molar-refractivity contribution in [2.75, 3.05) is 6.61 Å². The van der Waals surface area contributed by atoms with Crippen LogP contribution in [0.25, 0.3) is 0 Å². The van der Waals surface area contributed by atoms with E-state index in [1.165, 1.54) is 0 Å². The number of nitrogens with zero attached hydrogens (tertiary/aromatic N) is 1. The summed E-state index contributed by atoms with van der Waals surface area (Å²) >= 11 is 0. The van der Waals surface area contributed by atoms with Crippen molar-refractivity contribution in [2.45, 2.75) is 13.0 Å². The predicted molar refractivity (Wildman–Crippen MR) is 64.1 cm³/mol. The van der Waals surface area contributed by atoms with Crippen molar-refractivity contribution in [1.82, 2.24) is 0 Å². The predicted octanol–water partition coefficient (Wildman–Crippen LogP) is -1.46. The van der Waals surface area contributed by atoms with Gasteiger partial charge in [-0.2, -0.15) is 0 Å². The molecule has 1 aromatic rings. The fourth-order valence-electron chi connectivity index (χ4n) is 1.72. The number of hydrogen-bond donors (Lipinski definition) is 3. The molecule has 1 aromatic carbocycles. The summed E-state index contributed by atoms with van der Waals surface area (Å²) in [6.45, 7) is 2.61. The van der Waals surface area contributed by atoms with E-state index in [1.54, 1.807) is 0 Å². The van der Waals surface area contributed by atoms with Gasteiger partial charge in [0.1, 0.15) is 18.4 Å². The molecule has 0 bridgehead atoms. The fraction of sp³-hybridized carbons (Fsp3) is 0.300. The minimum Gasteiger partial charge on any atom is -0.489 e. The fourth-order valence-corrected chi connectivity index (χ4v) is 1.72. The van der Waals surface area contributed by atoms with Gasteiger partial charge in [-0.3, -0.25) is 16.5 Å². The Morgan fingerprint density at radius 2 is 2.11 bits per heavy atom. The molecule has 0 saturated heterocycles. The van der Waals surface area contributed by atoms with Crippen LogP contribution in [0.4, 0.5) is 0 Å². The number of para-hydroxylation sites is 1. The molecule has 0 aliphatic carbocycles. The summed E-state index contributed by atoms with van der Waals surface area (Å²) in [5.74, 6) is 1.18. The van der Waals surface area contributed by atoms with Gasteiger partial charge in [-0.1, -0.05) is 18.2 Å². The Morgan fingerprint density at radius 3 is 2.67 bits per heavy atom. The summed E-state index contributed by atoms with van der Waals surface area (Å²) in [6, 6.07) is 6.13. The highest BCUT2D eigenvalue weighted by molar-refractivity contribution is 5.69. The number of nitrogens with one attached hydrogen (secondary N) is 1. The van der Waals surface area contributed by atoms with Crippen molar-refractivity contribution in [3.63, 3.8) is 0 Å². The van der Waals surface area contributed by atoms with Gasteiger partial charge in [0.15, 0.2) is 0 Å². The Bertz CT molecular complexity index is 467. The maximum absolute atomic E-state index is 8.25. The van der Waals surface area contributed by atoms with Gasteiger partial charge in [-0.05, 0) is 12.5 Å². The molecule has 0 spiro atoms. The van der Waals surface area contributed by atoms with Gasteiger partial charge in [0.25, 0.3) is 0 Å². The number of ether oxygens (including phenoxy) is 1. The monoisotopic (exact) mass is 254 g/mol. The third-order valence-electron chi connectivity index (χ3n) is 2.35. The van der Waals surface area contributed by atoms with Gasteiger partial charge >= 0.3 is 5.96 Å². The normalized spacial score (nSPS) is 15.7. The molecule has 0 radical (unpaired) electrons. The highest BCUT2D eigenvalue weighted by atomic mass is 16.9. The lowest BCUT2D eigenvalue weighted by atomic mass is 10.1. The molecule has 2 rings (SSSR count). The quantitative estimate of drug-likeness (QED) is 0.242. The first kappa shape index (κ1) is 13.6. The van der Waals surface area contributed by atoms with Crippen LogP contribution in [0.2, 0.25) is 0 Å². The van der Waals surface area contributed by atoms with Gasteiger partial charge in [0.2, 0.25) is 0 Å². The number of fused-ring (bicyclic) bond motifs is 1. The molecule has 1 unspecified atom stereocenters. The first-order chi connectivity index (χ1) is 8.41. The molecule has 0 amide bonds. The molecule has 98 valence electrons. The number of rotatable bonds is 1. The van der Waals surface area contributed by atoms with Crippen molar-refractivity contribution in [2.24, 2.45) is 11.5 Å². The molecule has 18 heavy (non-hydrogen) atoms. The highest BCUT2D eigenvalue weighted by Gasteiger charge is 2.25. The van der Waals surface area contributed by atoms with E-state index in [1.807, 2.05) is 25.1 Å². The molecule has 5 N–H and O–H groups in total. The van der Waals surface area contributed by atoms with Crippen LogP contribution >= 0.6 is 0 Å². The summed E-state index contributed by atoms with van der Waals surface area (Å²) in [4.78, 5) is 11.2. The third-order valence-corrected chi connectivity index (χ3v) is 2.35. The lowest BCUT2D eigenvalue weighted by Crippen LogP contribution is -2.79. The minimum atomic E-state index is -1.75. The van der Waals surface area contributed by atoms with Gasteiger partial charge in [-0.25, -0.2) is 0 Å². The van der Waals surface area contributed by atoms with E-state index in [4.69, 9.17) is 31.5 Å². The molecule has 1 heterocycles. The zero-order valence-corrected chi connectivity index (χ0v) is 9.75. The highest BCUT2D eigenvalue weighted by Crippen LogP contribution is 2.32. The molecule has 8 heteroatoms. The summed E-state index contributed by atoms with van der Waals surface area (Å²) < 4.78 is 5.56. The molecule has 1 aliphatic heterocycles. The lowest BCUT2D eigenvalue weighted by Gasteiger charge is -2.02. The standard InChI is InChI=1S/C10H13N3O.NO3/c1-6-3-2-4-7-8(13-10(11)12)5-14-9(6)7;2-1(3)4/h2-4,8H,5H2,1H3,(H4,11,12,13);/q;-1/p+1. The van der Waals surface area contributed by atoms with Crippen molar-refractivity contribution in [3.05, 3.63) is 44.6 Å². The minimum absolute atomic E-state index is 0.0786. The van der Waals surface area contributed by atoms with Crippen LogP contribution in [-0.4, -0.2) is 17.7 Å². The van der Waals surface area contributed by atoms with Crippen LogP contribution in [0, 0.1) is 22.2 Å². The van der Waals surface area contributed by atoms with Crippen LogP contribution in [0.1, 0.15) is 17.2 Å². The summed E-state index contributed by atoms with van der Waals surface area (Å²) in [7, 11) is 0. The second-order valence-corrected chi connectivity index (χ2v) is 3.68. The van der Waals surface area contributed by atoms with Crippen LogP contribution in [0.5, 0.6) is 5.75 Å². The van der Waals surface area contributed by atoms with Crippen LogP contribution in [0.15, 0.2) is 18.2 Å². The number of aryl methyl sites for hydroxylation is 1. The average molecular weight is 254 g/mol. The Balaban J connectivity index is 0.000000357. The second-order valence-electron chi connectivity index (χ2n) is 3.68. The van der Waals surface area contributed by atoms with Crippen LogP contribution in [0.3, 0.4) is 0 Å². The van der Waals surface area contributed by atoms with E-state index in [-0.39, 0.29) is 12.0 Å². The largest absolute Gasteiger partial charge is 0.489 e. The number of benzene rings is 1. The molecule has 0 fully saturated rings. The van der Waals surface area contributed by atoms with Crippen LogP contribution in [-0.2, 0) is 0 Å². The maximum atomic E-state index is 8.25. The van der Waals surface area contributed by atoms with E-state index < -0.39 is 5.09 Å². The average Bonchev–Trinajstić information content (AvgIpc) is 2.61. The van der Waals surface area contributed by atoms with Gasteiger partial charge < -0.3 is 20.1 Å². The summed E-state index contributed by atoms with van der Waals surface area (Å²) in [5.41, 5.74) is 13.1. The maximum Gasteiger partial charge on any atom is 0.339 e. The topological polar surface area (TPSA) is 141 Å². The van der Waals surface area contributed by atoms with Gasteiger partial charge in [0.05, 0.1) is 5.09 Å². The van der Waals surface area contributed by atoms with Crippen molar-refractivity contribution in [3.8, 4) is 5.75 Å². The molecule has 1 atom stereocenters. The first-order valence-corrected chi connectivity index (χ1v) is 5.10. The lowest BCUT2D eigenvalue weighted by molar-refractivity contribution is -0.510. The first-order valence-electron chi connectivity index (χ1n) is 5.10. The van der Waals surface area contributed by atoms with E-state index >= 15 is 0 Å². The van der Waals surface area contributed by atoms with E-state index in [0.29, 0.717) is 6.61 Å². The van der Waals surface area contributed by atoms with Crippen molar-refractivity contribution in [1.29, 1.82) is 0 Å². The number of hydrogen-bond acceptors (Lipinski definition) is 4. The molecule has 0 aromatic heterocycles. The second kappa shape index (κ2) is 5.71. The smallest absolute Gasteiger partial charge is 0.339 e. The number of nitrogens with two attached hydrogens (primary N) is 2. The summed E-state index contributed by atoms with van der Waals surface area (Å²) in [5, 5.41) is 14.8. The Labute approximate surface area is 103 Å². The van der Waals surface area contributed by atoms with Gasteiger partial charge in [0, 0.05) is 5.56 Å². The zero-order chi connectivity index (χ0) is 13.7. The third kappa shape index (κ3) is 3.51. The van der Waals surface area contributed by atoms with Crippen molar-refractivity contribution >= 4 is 5.96 Å².